The molecule has 0 unspecified atom stereocenters. The number of halogens is 2. The summed E-state index contributed by atoms with van der Waals surface area (Å²) < 4.78 is 14.0. The molecule has 0 saturated heterocycles. The van der Waals surface area contributed by atoms with Crippen LogP contribution >= 0.6 is 15.9 Å². The molecule has 0 bridgehead atoms. The Kier molecular flexibility index (Phi) is 5.05. The van der Waals surface area contributed by atoms with E-state index in [0.717, 1.165) is 11.1 Å². The van der Waals surface area contributed by atoms with Gasteiger partial charge in [0.05, 0.1) is 11.4 Å². The number of nitrogens with zero attached hydrogens (tertiary/aromatic N) is 4. The van der Waals surface area contributed by atoms with Gasteiger partial charge in [-0.3, -0.25) is 4.90 Å². The number of para-hydroxylation sites is 1. The van der Waals surface area contributed by atoms with Crippen molar-refractivity contribution >= 4 is 33.3 Å². The number of rotatable bonds is 4. The SMILES string of the molecule is NC(=O)N(c1ccccc1Br)c1ccc(-c2ccc(F)cc2)cc1-c1nn[nH]n1. The number of hydrogen-bond acceptors (Lipinski definition) is 4. The average molecular weight is 453 g/mol. The van der Waals surface area contributed by atoms with Crippen LogP contribution in [0.5, 0.6) is 0 Å². The molecule has 0 radical (unpaired) electrons. The van der Waals surface area contributed by atoms with Gasteiger partial charge in [-0.05, 0) is 68.7 Å². The second-order valence-electron chi connectivity index (χ2n) is 6.10. The lowest BCUT2D eigenvalue weighted by molar-refractivity contribution is 0.256. The third-order valence-corrected chi connectivity index (χ3v) is 4.99. The van der Waals surface area contributed by atoms with E-state index in [4.69, 9.17) is 5.73 Å². The van der Waals surface area contributed by atoms with Crippen molar-refractivity contribution in [3.8, 4) is 22.5 Å². The molecule has 0 saturated carbocycles. The molecule has 7 nitrogen and oxygen atoms in total. The van der Waals surface area contributed by atoms with E-state index >= 15 is 0 Å². The molecule has 0 spiro atoms. The van der Waals surface area contributed by atoms with Gasteiger partial charge in [0.25, 0.3) is 0 Å². The predicted molar refractivity (Wildman–Crippen MR) is 111 cm³/mol. The Morgan fingerprint density at radius 1 is 1.00 bits per heavy atom. The van der Waals surface area contributed by atoms with Gasteiger partial charge in [0.15, 0.2) is 0 Å². The van der Waals surface area contributed by atoms with E-state index in [1.54, 1.807) is 36.4 Å². The van der Waals surface area contributed by atoms with Crippen LogP contribution in [-0.2, 0) is 0 Å². The van der Waals surface area contributed by atoms with E-state index in [-0.39, 0.29) is 5.82 Å². The number of benzene rings is 3. The van der Waals surface area contributed by atoms with Gasteiger partial charge in [-0.1, -0.05) is 30.3 Å². The molecule has 29 heavy (non-hydrogen) atoms. The fourth-order valence-electron chi connectivity index (χ4n) is 3.01. The summed E-state index contributed by atoms with van der Waals surface area (Å²) in [5.41, 5.74) is 8.90. The van der Waals surface area contributed by atoms with E-state index in [0.29, 0.717) is 27.2 Å². The molecule has 0 aliphatic carbocycles. The van der Waals surface area contributed by atoms with Crippen LogP contribution in [0.25, 0.3) is 22.5 Å². The molecule has 0 aliphatic rings. The Bertz CT molecular complexity index is 1160. The quantitative estimate of drug-likeness (QED) is 0.470. The Morgan fingerprint density at radius 2 is 1.72 bits per heavy atom. The molecular formula is C20H14BrFN6O. The average Bonchev–Trinajstić information content (AvgIpc) is 3.25. The Labute approximate surface area is 173 Å². The van der Waals surface area contributed by atoms with E-state index in [2.05, 4.69) is 36.6 Å². The number of urea groups is 1. The van der Waals surface area contributed by atoms with Gasteiger partial charge in [0.1, 0.15) is 5.82 Å². The first kappa shape index (κ1) is 18.8. The predicted octanol–water partition coefficient (Wildman–Crippen LogP) is 4.65. The number of amides is 2. The molecular weight excluding hydrogens is 439 g/mol. The number of hydrogen-bond donors (Lipinski definition) is 2. The summed E-state index contributed by atoms with van der Waals surface area (Å²) in [4.78, 5) is 13.8. The summed E-state index contributed by atoms with van der Waals surface area (Å²) in [6.07, 6.45) is 0. The summed E-state index contributed by atoms with van der Waals surface area (Å²) in [6.45, 7) is 0. The van der Waals surface area contributed by atoms with E-state index in [1.807, 2.05) is 18.2 Å². The molecule has 0 atom stereocenters. The van der Waals surface area contributed by atoms with Crippen LogP contribution in [0.15, 0.2) is 71.2 Å². The molecule has 3 N–H and O–H groups in total. The van der Waals surface area contributed by atoms with Crippen molar-refractivity contribution in [1.29, 1.82) is 0 Å². The van der Waals surface area contributed by atoms with Crippen LogP contribution < -0.4 is 10.6 Å². The standard InChI is InChI=1S/C20H14BrFN6O/c21-16-3-1-2-4-18(16)28(20(23)29)17-10-7-13(12-5-8-14(22)9-6-12)11-15(17)19-24-26-27-25-19/h1-11H,(H2,23,29)(H,24,25,26,27). The number of aromatic amines is 1. The molecule has 9 heteroatoms. The monoisotopic (exact) mass is 452 g/mol. The fourth-order valence-corrected chi connectivity index (χ4v) is 3.47. The maximum atomic E-state index is 13.3. The number of nitrogens with one attached hydrogen (secondary N) is 1. The lowest BCUT2D eigenvalue weighted by Gasteiger charge is -2.24. The van der Waals surface area contributed by atoms with Crippen LogP contribution in [0.3, 0.4) is 0 Å². The molecule has 0 aliphatic heterocycles. The number of tetrazole rings is 1. The van der Waals surface area contributed by atoms with Gasteiger partial charge in [-0.2, -0.15) is 5.21 Å². The van der Waals surface area contributed by atoms with E-state index in [9.17, 15) is 9.18 Å². The second kappa shape index (κ2) is 7.80. The lowest BCUT2D eigenvalue weighted by Crippen LogP contribution is -2.32. The topological polar surface area (TPSA) is 101 Å². The molecule has 4 rings (SSSR count). The van der Waals surface area contributed by atoms with Crippen molar-refractivity contribution in [2.24, 2.45) is 5.73 Å². The fraction of sp³-hybridized carbons (Fsp3) is 0. The largest absolute Gasteiger partial charge is 0.351 e. The molecule has 1 heterocycles. The molecule has 0 fully saturated rings. The van der Waals surface area contributed by atoms with Crippen molar-refractivity contribution in [3.63, 3.8) is 0 Å². The number of nitrogens with two attached hydrogens (primary N) is 1. The van der Waals surface area contributed by atoms with Gasteiger partial charge in [-0.25, -0.2) is 9.18 Å². The van der Waals surface area contributed by atoms with Gasteiger partial charge in [-0.15, -0.1) is 10.2 Å². The van der Waals surface area contributed by atoms with Gasteiger partial charge in [0, 0.05) is 10.0 Å². The third-order valence-electron chi connectivity index (χ3n) is 4.32. The maximum Gasteiger partial charge on any atom is 0.323 e. The number of carbonyl (C=O) groups excluding carboxylic acids is 1. The van der Waals surface area contributed by atoms with Gasteiger partial charge < -0.3 is 5.73 Å². The first-order valence-electron chi connectivity index (χ1n) is 8.52. The third kappa shape index (κ3) is 3.72. The summed E-state index contributed by atoms with van der Waals surface area (Å²) in [5.74, 6) is -0.0279. The van der Waals surface area contributed by atoms with Crippen molar-refractivity contribution < 1.29 is 9.18 Å². The molecule has 1 aromatic heterocycles. The number of H-pyrrole nitrogens is 1. The van der Waals surface area contributed by atoms with Crippen molar-refractivity contribution in [2.45, 2.75) is 0 Å². The highest BCUT2D eigenvalue weighted by Crippen LogP contribution is 2.39. The highest BCUT2D eigenvalue weighted by molar-refractivity contribution is 9.10. The van der Waals surface area contributed by atoms with Crippen LogP contribution in [0, 0.1) is 5.82 Å². The number of anilines is 2. The van der Waals surface area contributed by atoms with Crippen molar-refractivity contribution in [3.05, 3.63) is 77.0 Å². The highest BCUT2D eigenvalue weighted by Gasteiger charge is 2.23. The summed E-state index contributed by atoms with van der Waals surface area (Å²) in [7, 11) is 0. The first-order valence-corrected chi connectivity index (χ1v) is 9.32. The number of carbonyl (C=O) groups is 1. The molecule has 4 aromatic rings. The normalized spacial score (nSPS) is 10.7. The summed E-state index contributed by atoms with van der Waals surface area (Å²) >= 11 is 3.46. The van der Waals surface area contributed by atoms with Gasteiger partial charge >= 0.3 is 6.03 Å². The number of primary amides is 1. The van der Waals surface area contributed by atoms with Crippen LogP contribution in [0.4, 0.5) is 20.6 Å². The van der Waals surface area contributed by atoms with E-state index in [1.165, 1.54) is 17.0 Å². The minimum Gasteiger partial charge on any atom is -0.351 e. The first-order chi connectivity index (χ1) is 14.0. The van der Waals surface area contributed by atoms with Crippen LogP contribution in [0.1, 0.15) is 0 Å². The number of aromatic nitrogens is 4. The van der Waals surface area contributed by atoms with E-state index < -0.39 is 6.03 Å². The smallest absolute Gasteiger partial charge is 0.323 e. The Morgan fingerprint density at radius 3 is 2.38 bits per heavy atom. The summed E-state index contributed by atoms with van der Waals surface area (Å²) in [6, 6.07) is 18.0. The molecule has 144 valence electrons. The minimum absolute atomic E-state index is 0.294. The Balaban J connectivity index is 1.91. The molecule has 3 aromatic carbocycles. The zero-order valence-corrected chi connectivity index (χ0v) is 16.5. The highest BCUT2D eigenvalue weighted by atomic mass is 79.9. The maximum absolute atomic E-state index is 13.3. The Hall–Kier alpha value is -3.59. The molecule has 2 amide bonds. The van der Waals surface area contributed by atoms with Crippen molar-refractivity contribution in [2.75, 3.05) is 4.90 Å². The zero-order chi connectivity index (χ0) is 20.4. The minimum atomic E-state index is -0.670. The van der Waals surface area contributed by atoms with Crippen LogP contribution in [-0.4, -0.2) is 26.7 Å². The second-order valence-corrected chi connectivity index (χ2v) is 6.95. The van der Waals surface area contributed by atoms with Crippen LogP contribution in [0.2, 0.25) is 0 Å². The van der Waals surface area contributed by atoms with Crippen molar-refractivity contribution in [1.82, 2.24) is 20.6 Å². The lowest BCUT2D eigenvalue weighted by atomic mass is 10.0. The summed E-state index contributed by atoms with van der Waals surface area (Å²) in [5, 5.41) is 14.1. The zero-order valence-electron chi connectivity index (χ0n) is 14.9. The van der Waals surface area contributed by atoms with Gasteiger partial charge in [0.2, 0.25) is 5.82 Å².